The van der Waals surface area contributed by atoms with E-state index in [0.29, 0.717) is 25.9 Å². The lowest BCUT2D eigenvalue weighted by atomic mass is 10.0. The molecule has 0 aromatic carbocycles. The van der Waals surface area contributed by atoms with Crippen molar-refractivity contribution in [2.45, 2.75) is 366 Å². The SMILES string of the molecule is CCCCCCCC/C=C\CCCCCCCC(=O)OCCCCCC/C=C\CCCCCCCCCC(=O)NC(CO)C(O)CCCCCCCCCCCCCCCCCCCCCCCCCC. The molecule has 0 rings (SSSR count). The molecule has 1 amide bonds. The molecule has 6 heteroatoms. The zero-order chi connectivity index (χ0) is 51.4. The highest BCUT2D eigenvalue weighted by molar-refractivity contribution is 5.76. The third kappa shape index (κ3) is 57.5. The van der Waals surface area contributed by atoms with Crippen LogP contribution in [0.25, 0.3) is 0 Å². The van der Waals surface area contributed by atoms with Gasteiger partial charge in [0.25, 0.3) is 0 Å². The van der Waals surface area contributed by atoms with Crippen molar-refractivity contribution in [2.24, 2.45) is 0 Å². The van der Waals surface area contributed by atoms with Crippen molar-refractivity contribution >= 4 is 11.9 Å². The monoisotopic (exact) mass is 1000 g/mol. The third-order valence-corrected chi connectivity index (χ3v) is 15.0. The van der Waals surface area contributed by atoms with Crippen molar-refractivity contribution in [3.05, 3.63) is 24.3 Å². The third-order valence-electron chi connectivity index (χ3n) is 15.0. The van der Waals surface area contributed by atoms with Crippen LogP contribution in [0.1, 0.15) is 354 Å². The van der Waals surface area contributed by atoms with Gasteiger partial charge in [0.05, 0.1) is 25.4 Å². The Hall–Kier alpha value is -1.66. The number of unbranched alkanes of at least 4 members (excludes halogenated alkanes) is 45. The first-order chi connectivity index (χ1) is 35.0. The quantitative estimate of drug-likeness (QED) is 0.0320. The Morgan fingerprint density at radius 3 is 1.00 bits per heavy atom. The number of esters is 1. The second-order valence-electron chi connectivity index (χ2n) is 22.1. The van der Waals surface area contributed by atoms with Crippen LogP contribution in [0.3, 0.4) is 0 Å². The summed E-state index contributed by atoms with van der Waals surface area (Å²) in [6.45, 7) is 4.94. The molecule has 0 fully saturated rings. The van der Waals surface area contributed by atoms with Crippen molar-refractivity contribution in [3.63, 3.8) is 0 Å². The number of carbonyl (C=O) groups excluding carboxylic acids is 2. The first kappa shape index (κ1) is 69.3. The van der Waals surface area contributed by atoms with Crippen LogP contribution in [0, 0.1) is 0 Å². The van der Waals surface area contributed by atoms with Crippen molar-refractivity contribution in [1.29, 1.82) is 0 Å². The Balaban J connectivity index is 3.46. The van der Waals surface area contributed by atoms with Crippen molar-refractivity contribution in [1.82, 2.24) is 5.32 Å². The minimum Gasteiger partial charge on any atom is -0.466 e. The maximum absolute atomic E-state index is 12.5. The molecule has 0 spiro atoms. The molecule has 2 unspecified atom stereocenters. The average molecular weight is 1000 g/mol. The molecular weight excluding hydrogens is 875 g/mol. The lowest BCUT2D eigenvalue weighted by Crippen LogP contribution is -2.45. The molecule has 2 atom stereocenters. The minimum atomic E-state index is -0.676. The number of ether oxygens (including phenoxy) is 1. The van der Waals surface area contributed by atoms with E-state index < -0.39 is 12.1 Å². The second-order valence-corrected chi connectivity index (χ2v) is 22.1. The molecule has 0 bridgehead atoms. The standard InChI is InChI=1S/C65H125NO5/c1-3-5-7-9-11-13-15-17-19-20-21-22-23-24-25-26-27-30-33-37-41-45-49-53-57-63(68)62(61-67)66-64(69)58-54-50-46-42-38-34-31-28-32-36-40-44-48-52-56-60-71-65(70)59-55-51-47-43-39-35-29-18-16-14-12-10-8-6-4-2/h18,29,32,36,62-63,67-68H,3-17,19-28,30-31,33-35,37-61H2,1-2H3,(H,66,69)/b29-18-,36-32-. The van der Waals surface area contributed by atoms with Gasteiger partial charge in [-0.15, -0.1) is 0 Å². The lowest BCUT2D eigenvalue weighted by Gasteiger charge is -2.22. The van der Waals surface area contributed by atoms with Gasteiger partial charge in [-0.05, 0) is 77.0 Å². The van der Waals surface area contributed by atoms with Gasteiger partial charge in [-0.1, -0.05) is 289 Å². The largest absolute Gasteiger partial charge is 0.466 e. The van der Waals surface area contributed by atoms with Crippen molar-refractivity contribution in [3.8, 4) is 0 Å². The molecule has 71 heavy (non-hydrogen) atoms. The number of amides is 1. The zero-order valence-electron chi connectivity index (χ0n) is 48.0. The predicted molar refractivity (Wildman–Crippen MR) is 310 cm³/mol. The van der Waals surface area contributed by atoms with Crippen LogP contribution in [0.4, 0.5) is 0 Å². The molecule has 0 aromatic rings. The summed E-state index contributed by atoms with van der Waals surface area (Å²) in [5, 5.41) is 23.4. The molecule has 0 heterocycles. The van der Waals surface area contributed by atoms with Crippen molar-refractivity contribution in [2.75, 3.05) is 13.2 Å². The van der Waals surface area contributed by atoms with Gasteiger partial charge in [0, 0.05) is 12.8 Å². The number of hydrogen-bond donors (Lipinski definition) is 3. The lowest BCUT2D eigenvalue weighted by molar-refractivity contribution is -0.143. The van der Waals surface area contributed by atoms with E-state index in [-0.39, 0.29) is 18.5 Å². The van der Waals surface area contributed by atoms with Crippen LogP contribution in [0.15, 0.2) is 24.3 Å². The number of nitrogens with one attached hydrogen (secondary N) is 1. The number of carbonyl (C=O) groups is 2. The molecule has 0 saturated heterocycles. The smallest absolute Gasteiger partial charge is 0.305 e. The van der Waals surface area contributed by atoms with Crippen LogP contribution in [-0.4, -0.2) is 47.4 Å². The number of rotatable bonds is 60. The van der Waals surface area contributed by atoms with Gasteiger partial charge in [0.15, 0.2) is 0 Å². The maximum Gasteiger partial charge on any atom is 0.305 e. The Labute approximate surface area is 443 Å². The average Bonchev–Trinajstić information content (AvgIpc) is 3.37. The number of hydrogen-bond acceptors (Lipinski definition) is 5. The molecule has 6 nitrogen and oxygen atoms in total. The molecule has 0 aliphatic heterocycles. The Morgan fingerprint density at radius 1 is 0.380 bits per heavy atom. The highest BCUT2D eigenvalue weighted by Gasteiger charge is 2.20. The van der Waals surface area contributed by atoms with Gasteiger partial charge in [-0.25, -0.2) is 0 Å². The van der Waals surface area contributed by atoms with Gasteiger partial charge in [0.1, 0.15) is 0 Å². The summed E-state index contributed by atoms with van der Waals surface area (Å²) in [6.07, 6.45) is 74.7. The van der Waals surface area contributed by atoms with Crippen LogP contribution in [0.2, 0.25) is 0 Å². The highest BCUT2D eigenvalue weighted by Crippen LogP contribution is 2.18. The normalized spacial score (nSPS) is 12.7. The fourth-order valence-electron chi connectivity index (χ4n) is 10.0. The maximum atomic E-state index is 12.5. The molecule has 0 radical (unpaired) electrons. The van der Waals surface area contributed by atoms with Gasteiger partial charge in [0.2, 0.25) is 5.91 Å². The van der Waals surface area contributed by atoms with Gasteiger partial charge < -0.3 is 20.3 Å². The van der Waals surface area contributed by atoms with Gasteiger partial charge in [-0.2, -0.15) is 0 Å². The highest BCUT2D eigenvalue weighted by atomic mass is 16.5. The zero-order valence-corrected chi connectivity index (χ0v) is 48.0. The van der Waals surface area contributed by atoms with E-state index in [1.807, 2.05) is 0 Å². The van der Waals surface area contributed by atoms with E-state index in [9.17, 15) is 19.8 Å². The summed E-state index contributed by atoms with van der Waals surface area (Å²) in [5.41, 5.74) is 0. The van der Waals surface area contributed by atoms with Gasteiger partial charge >= 0.3 is 5.97 Å². The Bertz CT molecular complexity index is 1110. The van der Waals surface area contributed by atoms with Crippen LogP contribution in [-0.2, 0) is 14.3 Å². The molecule has 0 aromatic heterocycles. The van der Waals surface area contributed by atoms with E-state index in [0.717, 1.165) is 70.6 Å². The first-order valence-electron chi connectivity index (χ1n) is 32.1. The summed E-state index contributed by atoms with van der Waals surface area (Å²) in [5.74, 6) is -0.0637. The fourth-order valence-corrected chi connectivity index (χ4v) is 10.0. The van der Waals surface area contributed by atoms with Crippen LogP contribution < -0.4 is 5.32 Å². The molecule has 0 aliphatic carbocycles. The number of aliphatic hydroxyl groups excluding tert-OH is 2. The summed E-state index contributed by atoms with van der Waals surface area (Å²) in [6, 6.07) is -0.554. The van der Waals surface area contributed by atoms with E-state index in [1.54, 1.807) is 0 Å². The Morgan fingerprint density at radius 2 is 0.662 bits per heavy atom. The first-order valence-corrected chi connectivity index (χ1v) is 32.1. The summed E-state index contributed by atoms with van der Waals surface area (Å²) >= 11 is 0. The predicted octanol–water partition coefficient (Wildman–Crippen LogP) is 20.2. The molecule has 0 saturated carbocycles. The summed E-state index contributed by atoms with van der Waals surface area (Å²) in [4.78, 5) is 24.6. The summed E-state index contributed by atoms with van der Waals surface area (Å²) < 4.78 is 5.46. The Kier molecular flexibility index (Phi) is 59.5. The number of aliphatic hydroxyl groups is 2. The topological polar surface area (TPSA) is 95.9 Å². The molecule has 0 aliphatic rings. The number of allylic oxidation sites excluding steroid dienone is 4. The summed E-state index contributed by atoms with van der Waals surface area (Å²) in [7, 11) is 0. The second kappa shape index (κ2) is 60.9. The molecular formula is C65H125NO5. The van der Waals surface area contributed by atoms with E-state index in [1.165, 1.54) is 250 Å². The van der Waals surface area contributed by atoms with E-state index in [4.69, 9.17) is 4.74 Å². The van der Waals surface area contributed by atoms with Gasteiger partial charge in [-0.3, -0.25) is 9.59 Å². The van der Waals surface area contributed by atoms with E-state index >= 15 is 0 Å². The minimum absolute atomic E-state index is 0.0170. The van der Waals surface area contributed by atoms with Crippen LogP contribution in [0.5, 0.6) is 0 Å². The molecule has 3 N–H and O–H groups in total. The fraction of sp³-hybridized carbons (Fsp3) is 0.908. The molecule has 420 valence electrons. The van der Waals surface area contributed by atoms with Crippen molar-refractivity contribution < 1.29 is 24.5 Å². The van der Waals surface area contributed by atoms with E-state index in [2.05, 4.69) is 43.5 Å². The van der Waals surface area contributed by atoms with Crippen LogP contribution >= 0.6 is 0 Å².